The third-order valence-corrected chi connectivity index (χ3v) is 4.43. The van der Waals surface area contributed by atoms with Crippen LogP contribution in [0.25, 0.3) is 0 Å². The molecule has 1 aliphatic rings. The molecule has 3 N–H and O–H groups in total. The molecule has 0 spiro atoms. The van der Waals surface area contributed by atoms with Gasteiger partial charge in [0.1, 0.15) is 16.6 Å². The minimum atomic E-state index is 0.636. The summed E-state index contributed by atoms with van der Waals surface area (Å²) in [4.78, 5) is 0. The van der Waals surface area contributed by atoms with E-state index in [0.717, 1.165) is 23.7 Å². The summed E-state index contributed by atoms with van der Waals surface area (Å²) in [5.41, 5.74) is 8.48. The summed E-state index contributed by atoms with van der Waals surface area (Å²) >= 11 is 1.48. The van der Waals surface area contributed by atoms with Gasteiger partial charge in [-0.3, -0.25) is 0 Å². The zero-order chi connectivity index (χ0) is 13.9. The second kappa shape index (κ2) is 5.71. The van der Waals surface area contributed by atoms with Gasteiger partial charge in [-0.05, 0) is 54.4 Å². The number of aromatic nitrogens is 1. The number of anilines is 2. The fourth-order valence-corrected chi connectivity index (χ4v) is 3.14. The van der Waals surface area contributed by atoms with E-state index in [4.69, 9.17) is 10.5 Å². The molecule has 1 aromatic carbocycles. The molecule has 4 nitrogen and oxygen atoms in total. The highest BCUT2D eigenvalue weighted by Crippen LogP contribution is 2.47. The highest BCUT2D eigenvalue weighted by atomic mass is 32.1. The van der Waals surface area contributed by atoms with E-state index < -0.39 is 0 Å². The molecule has 0 radical (unpaired) electrons. The Morgan fingerprint density at radius 3 is 2.75 bits per heavy atom. The lowest BCUT2D eigenvalue weighted by Gasteiger charge is -2.07. The van der Waals surface area contributed by atoms with Crippen LogP contribution in [0, 0.1) is 0 Å². The maximum absolute atomic E-state index is 5.94. The molecule has 0 bridgehead atoms. The van der Waals surface area contributed by atoms with Crippen LogP contribution in [-0.4, -0.2) is 18.0 Å². The maximum Gasteiger partial charge on any atom is 0.142 e. The van der Waals surface area contributed by atoms with Crippen molar-refractivity contribution in [2.75, 3.05) is 24.7 Å². The van der Waals surface area contributed by atoms with Crippen molar-refractivity contribution >= 4 is 22.4 Å². The summed E-state index contributed by atoms with van der Waals surface area (Å²) in [6, 6.07) is 8.19. The van der Waals surface area contributed by atoms with Gasteiger partial charge in [-0.25, -0.2) is 0 Å². The molecule has 0 amide bonds. The van der Waals surface area contributed by atoms with Crippen molar-refractivity contribution in [3.8, 4) is 5.75 Å². The molecule has 2 aromatic rings. The van der Waals surface area contributed by atoms with Crippen LogP contribution < -0.4 is 15.8 Å². The molecule has 20 heavy (non-hydrogen) atoms. The van der Waals surface area contributed by atoms with E-state index in [9.17, 15) is 0 Å². The molecule has 1 aromatic heterocycles. The Hall–Kier alpha value is -1.75. The second-order valence-corrected chi connectivity index (χ2v) is 5.88. The van der Waals surface area contributed by atoms with E-state index in [1.165, 1.54) is 35.5 Å². The van der Waals surface area contributed by atoms with Crippen molar-refractivity contribution in [3.63, 3.8) is 0 Å². The van der Waals surface area contributed by atoms with E-state index >= 15 is 0 Å². The Balaban J connectivity index is 1.57. The topological polar surface area (TPSA) is 60.2 Å². The van der Waals surface area contributed by atoms with Crippen LogP contribution in [0.3, 0.4) is 0 Å². The van der Waals surface area contributed by atoms with Crippen molar-refractivity contribution < 1.29 is 4.74 Å². The number of nitrogens with one attached hydrogen (secondary N) is 1. The van der Waals surface area contributed by atoms with E-state index in [1.54, 1.807) is 7.11 Å². The number of rotatable bonds is 6. The molecule has 1 fully saturated rings. The Kier molecular flexibility index (Phi) is 3.78. The quantitative estimate of drug-likeness (QED) is 0.857. The van der Waals surface area contributed by atoms with Crippen molar-refractivity contribution in [3.05, 3.63) is 35.4 Å². The number of methoxy groups -OCH3 is 1. The number of benzene rings is 1. The molecule has 3 rings (SSSR count). The first-order valence-corrected chi connectivity index (χ1v) is 7.67. The SMILES string of the molecule is COc1ccc(CCNc2snc(N)c2C2CC2)cc1. The molecule has 1 heterocycles. The number of ether oxygens (including phenoxy) is 1. The average molecular weight is 289 g/mol. The standard InChI is InChI=1S/C15H19N3OS/c1-19-12-6-2-10(3-7-12)8-9-17-15-13(11-4-5-11)14(16)18-20-15/h2-3,6-7,11,17H,4-5,8-9H2,1H3,(H2,16,18). The smallest absolute Gasteiger partial charge is 0.142 e. The Labute approximate surface area is 123 Å². The van der Waals surface area contributed by atoms with E-state index in [0.29, 0.717) is 11.7 Å². The number of nitrogens with zero attached hydrogens (tertiary/aromatic N) is 1. The predicted octanol–water partition coefficient (Wildman–Crippen LogP) is 3.27. The van der Waals surface area contributed by atoms with Gasteiger partial charge < -0.3 is 15.8 Å². The first-order valence-electron chi connectivity index (χ1n) is 6.89. The highest BCUT2D eigenvalue weighted by molar-refractivity contribution is 7.10. The van der Waals surface area contributed by atoms with Crippen molar-refractivity contribution in [1.29, 1.82) is 0 Å². The number of nitrogen functional groups attached to an aromatic ring is 1. The number of nitrogens with two attached hydrogens (primary N) is 1. The summed E-state index contributed by atoms with van der Waals surface area (Å²) in [6.45, 7) is 0.897. The van der Waals surface area contributed by atoms with Gasteiger partial charge in [0.15, 0.2) is 0 Å². The monoisotopic (exact) mass is 289 g/mol. The Morgan fingerprint density at radius 2 is 2.10 bits per heavy atom. The van der Waals surface area contributed by atoms with Gasteiger partial charge in [0, 0.05) is 12.1 Å². The minimum absolute atomic E-state index is 0.636. The van der Waals surface area contributed by atoms with Crippen LogP contribution in [0.4, 0.5) is 10.8 Å². The summed E-state index contributed by atoms with van der Waals surface area (Å²) in [7, 11) is 1.68. The zero-order valence-electron chi connectivity index (χ0n) is 11.6. The molecule has 5 heteroatoms. The van der Waals surface area contributed by atoms with Gasteiger partial charge >= 0.3 is 0 Å². The first kappa shape index (κ1) is 13.2. The fourth-order valence-electron chi connectivity index (χ4n) is 2.32. The average Bonchev–Trinajstić information content (AvgIpc) is 3.24. The third kappa shape index (κ3) is 2.88. The van der Waals surface area contributed by atoms with Crippen LogP contribution in [0.2, 0.25) is 0 Å². The van der Waals surface area contributed by atoms with Crippen LogP contribution >= 0.6 is 11.5 Å². The van der Waals surface area contributed by atoms with Crippen molar-refractivity contribution in [1.82, 2.24) is 4.37 Å². The van der Waals surface area contributed by atoms with Gasteiger partial charge in [0.05, 0.1) is 7.11 Å². The van der Waals surface area contributed by atoms with Gasteiger partial charge in [0.2, 0.25) is 0 Å². The molecule has 0 atom stereocenters. The maximum atomic E-state index is 5.94. The Morgan fingerprint density at radius 1 is 1.35 bits per heavy atom. The van der Waals surface area contributed by atoms with Crippen LogP contribution in [0.1, 0.15) is 29.9 Å². The molecule has 1 aliphatic carbocycles. The number of hydrogen-bond acceptors (Lipinski definition) is 5. The molecule has 1 saturated carbocycles. The van der Waals surface area contributed by atoms with E-state index in [-0.39, 0.29) is 0 Å². The van der Waals surface area contributed by atoms with Crippen molar-refractivity contribution in [2.24, 2.45) is 0 Å². The third-order valence-electron chi connectivity index (χ3n) is 3.60. The zero-order valence-corrected chi connectivity index (χ0v) is 12.4. The molecular formula is C15H19N3OS. The van der Waals surface area contributed by atoms with Gasteiger partial charge in [-0.15, -0.1) is 0 Å². The van der Waals surface area contributed by atoms with Gasteiger partial charge in [-0.1, -0.05) is 12.1 Å². The fraction of sp³-hybridized carbons (Fsp3) is 0.400. The first-order chi connectivity index (χ1) is 9.78. The lowest BCUT2D eigenvalue weighted by molar-refractivity contribution is 0.414. The van der Waals surface area contributed by atoms with Crippen LogP contribution in [0.5, 0.6) is 5.75 Å². The summed E-state index contributed by atoms with van der Waals surface area (Å²) < 4.78 is 9.43. The molecular weight excluding hydrogens is 270 g/mol. The lowest BCUT2D eigenvalue weighted by Crippen LogP contribution is -2.05. The largest absolute Gasteiger partial charge is 0.497 e. The van der Waals surface area contributed by atoms with Crippen LogP contribution in [-0.2, 0) is 6.42 Å². The molecule has 0 saturated heterocycles. The van der Waals surface area contributed by atoms with Gasteiger partial charge in [0.25, 0.3) is 0 Å². The molecule has 0 aliphatic heterocycles. The lowest BCUT2D eigenvalue weighted by atomic mass is 10.1. The summed E-state index contributed by atoms with van der Waals surface area (Å²) in [5, 5.41) is 4.63. The molecule has 0 unspecified atom stereocenters. The normalized spacial score (nSPS) is 14.2. The van der Waals surface area contributed by atoms with E-state index in [2.05, 4.69) is 21.8 Å². The number of hydrogen-bond donors (Lipinski definition) is 2. The summed E-state index contributed by atoms with van der Waals surface area (Å²) in [5.74, 6) is 2.25. The summed E-state index contributed by atoms with van der Waals surface area (Å²) in [6.07, 6.45) is 3.47. The Bertz CT molecular complexity index is 575. The predicted molar refractivity (Wildman–Crippen MR) is 83.7 cm³/mol. The van der Waals surface area contributed by atoms with E-state index in [1.807, 2.05) is 12.1 Å². The minimum Gasteiger partial charge on any atom is -0.497 e. The van der Waals surface area contributed by atoms with Crippen LogP contribution in [0.15, 0.2) is 24.3 Å². The van der Waals surface area contributed by atoms with Crippen molar-refractivity contribution in [2.45, 2.75) is 25.2 Å². The highest BCUT2D eigenvalue weighted by Gasteiger charge is 2.30. The molecule has 106 valence electrons. The van der Waals surface area contributed by atoms with Gasteiger partial charge in [-0.2, -0.15) is 4.37 Å². The second-order valence-electron chi connectivity index (χ2n) is 5.11.